The Morgan fingerprint density at radius 2 is 1.75 bits per heavy atom. The Morgan fingerprint density at radius 3 is 2.46 bits per heavy atom. The summed E-state index contributed by atoms with van der Waals surface area (Å²) in [6, 6.07) is 18.1. The van der Waals surface area contributed by atoms with Gasteiger partial charge in [0, 0.05) is 18.6 Å². The minimum atomic E-state index is -2.23. The van der Waals surface area contributed by atoms with Gasteiger partial charge in [0.15, 0.2) is 0 Å². The lowest BCUT2D eigenvalue weighted by Crippen LogP contribution is -2.09. The van der Waals surface area contributed by atoms with Crippen LogP contribution in [0, 0.1) is 12.3 Å². The van der Waals surface area contributed by atoms with Crippen LogP contribution >= 0.6 is 0 Å². The number of aromatic nitrogens is 1. The van der Waals surface area contributed by atoms with E-state index in [1.54, 1.807) is 30.5 Å². The topological polar surface area (TPSA) is 12.9 Å². The van der Waals surface area contributed by atoms with Gasteiger partial charge >= 0.3 is 0 Å². The van der Waals surface area contributed by atoms with Crippen molar-refractivity contribution in [2.75, 3.05) is 0 Å². The summed E-state index contributed by atoms with van der Waals surface area (Å²) >= 11 is 0. The van der Waals surface area contributed by atoms with Crippen molar-refractivity contribution in [3.8, 4) is 22.4 Å². The van der Waals surface area contributed by atoms with Crippen molar-refractivity contribution in [2.45, 2.75) is 34.0 Å². The van der Waals surface area contributed by atoms with Crippen molar-refractivity contribution < 1.29 is 6.85 Å². The maximum Gasteiger partial charge on any atom is 0.0704 e. The Morgan fingerprint density at radius 1 is 0.958 bits per heavy atom. The average Bonchev–Trinajstić information content (AvgIpc) is 2.67. The molecule has 0 amide bonds. The number of benzene rings is 2. The van der Waals surface area contributed by atoms with E-state index in [0.717, 1.165) is 11.1 Å². The van der Waals surface area contributed by atoms with Crippen LogP contribution in [0.2, 0.25) is 0 Å². The summed E-state index contributed by atoms with van der Waals surface area (Å²) in [5.74, 6) is 0. The lowest BCUT2D eigenvalue weighted by Gasteiger charge is -2.18. The number of hydrogen-bond acceptors (Lipinski definition) is 1. The van der Waals surface area contributed by atoms with E-state index in [0.29, 0.717) is 16.8 Å². The molecule has 122 valence electrons. The van der Waals surface area contributed by atoms with Crippen molar-refractivity contribution in [3.63, 3.8) is 0 Å². The van der Waals surface area contributed by atoms with Crippen LogP contribution in [0.15, 0.2) is 66.9 Å². The molecular weight excluding hydrogens is 290 g/mol. The molecule has 0 aliphatic rings. The van der Waals surface area contributed by atoms with Crippen LogP contribution in [0.25, 0.3) is 22.4 Å². The summed E-state index contributed by atoms with van der Waals surface area (Å²) in [7, 11) is 0. The van der Waals surface area contributed by atoms with Gasteiger partial charge in [-0.15, -0.1) is 0 Å². The van der Waals surface area contributed by atoms with Gasteiger partial charge in [0.1, 0.15) is 0 Å². The molecule has 0 saturated heterocycles. The zero-order chi connectivity index (χ0) is 21.4. The fourth-order valence-electron chi connectivity index (χ4n) is 2.66. The first-order chi connectivity index (χ1) is 13.4. The second-order valence-electron chi connectivity index (χ2n) is 6.93. The molecule has 1 aromatic heterocycles. The van der Waals surface area contributed by atoms with Crippen molar-refractivity contribution in [1.82, 2.24) is 4.98 Å². The first kappa shape index (κ1) is 11.2. The molecule has 1 heteroatoms. The second-order valence-corrected chi connectivity index (χ2v) is 6.93. The highest BCUT2D eigenvalue weighted by Crippen LogP contribution is 2.29. The Labute approximate surface area is 152 Å². The monoisotopic (exact) mass is 320 g/mol. The summed E-state index contributed by atoms with van der Waals surface area (Å²) in [4.78, 5) is 4.42. The normalized spacial score (nSPS) is 15.7. The zero-order valence-electron chi connectivity index (χ0n) is 19.3. The van der Waals surface area contributed by atoms with E-state index in [1.807, 2.05) is 57.2 Å². The summed E-state index contributed by atoms with van der Waals surface area (Å²) in [6.07, 6.45) is 0.0691. The molecule has 1 nitrogen and oxygen atoms in total. The first-order valence-corrected chi connectivity index (χ1v) is 8.08. The van der Waals surface area contributed by atoms with Gasteiger partial charge in [0.2, 0.25) is 0 Å². The summed E-state index contributed by atoms with van der Waals surface area (Å²) in [6.45, 7) is 3.37. The Bertz CT molecular complexity index is 1000. The van der Waals surface area contributed by atoms with Gasteiger partial charge in [0.05, 0.1) is 5.69 Å². The molecule has 0 aliphatic heterocycles. The molecule has 0 unspecified atom stereocenters. The van der Waals surface area contributed by atoms with E-state index in [1.165, 1.54) is 0 Å². The molecule has 0 bridgehead atoms. The number of rotatable bonds is 3. The fraction of sp³-hybridized carbons (Fsp3) is 0.261. The maximum atomic E-state index is 8.54. The lowest BCUT2D eigenvalue weighted by atomic mass is 9.88. The van der Waals surface area contributed by atoms with E-state index < -0.39 is 18.6 Å². The minimum absolute atomic E-state index is 0.286. The number of pyridine rings is 1. The van der Waals surface area contributed by atoms with E-state index in [2.05, 4.69) is 4.98 Å². The number of aryl methyl sites for hydroxylation is 1. The molecule has 0 spiro atoms. The molecule has 0 atom stereocenters. The van der Waals surface area contributed by atoms with Crippen LogP contribution in [0.5, 0.6) is 0 Å². The molecule has 3 rings (SSSR count). The maximum absolute atomic E-state index is 8.54. The van der Waals surface area contributed by atoms with Gasteiger partial charge < -0.3 is 0 Å². The largest absolute Gasteiger partial charge is 0.256 e. The van der Waals surface area contributed by atoms with E-state index >= 15 is 0 Å². The Balaban J connectivity index is 2.15. The van der Waals surface area contributed by atoms with Crippen LogP contribution in [0.3, 0.4) is 0 Å². The van der Waals surface area contributed by atoms with Gasteiger partial charge in [-0.1, -0.05) is 63.2 Å². The molecule has 0 radical (unpaired) electrons. The van der Waals surface area contributed by atoms with Gasteiger partial charge in [-0.05, 0) is 59.1 Å². The lowest BCUT2D eigenvalue weighted by molar-refractivity contribution is 0.411. The van der Waals surface area contributed by atoms with Gasteiger partial charge in [0.25, 0.3) is 0 Å². The quantitative estimate of drug-likeness (QED) is 0.551. The highest BCUT2D eigenvalue weighted by molar-refractivity contribution is 5.74. The molecule has 24 heavy (non-hydrogen) atoms. The van der Waals surface area contributed by atoms with Crippen LogP contribution in [0.1, 0.15) is 38.8 Å². The van der Waals surface area contributed by atoms with Crippen LogP contribution in [-0.2, 0) is 6.37 Å². The van der Waals surface area contributed by atoms with Crippen molar-refractivity contribution >= 4 is 0 Å². The predicted molar refractivity (Wildman–Crippen MR) is 103 cm³/mol. The van der Waals surface area contributed by atoms with Crippen molar-refractivity contribution in [2.24, 2.45) is 5.41 Å². The summed E-state index contributed by atoms with van der Waals surface area (Å²) < 4.78 is 40.7. The number of nitrogens with zero attached hydrogens (tertiary/aromatic N) is 1. The van der Waals surface area contributed by atoms with E-state index in [9.17, 15) is 0 Å². The highest BCUT2D eigenvalue weighted by atomic mass is 14.7. The third-order valence-electron chi connectivity index (χ3n) is 3.68. The molecule has 0 saturated carbocycles. The standard InChI is InChI=1S/C23H25N/c1-17-10-11-20(15-21(17)19-8-6-5-7-9-19)22-14-18(12-13-24-22)16-23(2,3)4/h5-15H,16H2,1-4H3/i1D3,16D2. The Hall–Kier alpha value is -2.41. The van der Waals surface area contributed by atoms with E-state index in [-0.39, 0.29) is 5.56 Å². The van der Waals surface area contributed by atoms with Crippen LogP contribution in [0.4, 0.5) is 0 Å². The Kier molecular flexibility index (Phi) is 3.08. The molecule has 1 heterocycles. The SMILES string of the molecule is [2H]C([2H])([2H])c1ccc(-c2cc(C([2H])([2H])C(C)(C)C)ccn2)cc1-c1ccccc1. The average molecular weight is 320 g/mol. The van der Waals surface area contributed by atoms with Gasteiger partial charge in [-0.3, -0.25) is 4.98 Å². The molecule has 0 fully saturated rings. The van der Waals surface area contributed by atoms with Gasteiger partial charge in [-0.25, -0.2) is 0 Å². The summed E-state index contributed by atoms with van der Waals surface area (Å²) in [5.41, 5.74) is 3.08. The molecule has 0 aliphatic carbocycles. The van der Waals surface area contributed by atoms with Crippen LogP contribution in [-0.4, -0.2) is 4.98 Å². The van der Waals surface area contributed by atoms with E-state index in [4.69, 9.17) is 6.85 Å². The third kappa shape index (κ3) is 3.91. The molecule has 2 aromatic carbocycles. The van der Waals surface area contributed by atoms with Gasteiger partial charge in [-0.2, -0.15) is 0 Å². The minimum Gasteiger partial charge on any atom is -0.256 e. The van der Waals surface area contributed by atoms with Crippen molar-refractivity contribution in [1.29, 1.82) is 0 Å². The molecular formula is C23H25N. The molecule has 0 N–H and O–H groups in total. The predicted octanol–water partition coefficient (Wildman–Crippen LogP) is 6.31. The summed E-state index contributed by atoms with van der Waals surface area (Å²) in [5, 5.41) is 0. The van der Waals surface area contributed by atoms with Crippen LogP contribution < -0.4 is 0 Å². The third-order valence-corrected chi connectivity index (χ3v) is 3.68. The molecule has 3 aromatic rings. The zero-order valence-corrected chi connectivity index (χ0v) is 14.3. The highest BCUT2D eigenvalue weighted by Gasteiger charge is 2.12. The first-order valence-electron chi connectivity index (χ1n) is 10.6. The number of hydrogen-bond donors (Lipinski definition) is 0. The van der Waals surface area contributed by atoms with Crippen molar-refractivity contribution in [3.05, 3.63) is 78.0 Å². The smallest absolute Gasteiger partial charge is 0.0704 e. The second kappa shape index (κ2) is 6.60. The fourth-order valence-corrected chi connectivity index (χ4v) is 2.66.